The first kappa shape index (κ1) is 22.7. The second kappa shape index (κ2) is 10.5. The number of benzene rings is 3. The van der Waals surface area contributed by atoms with Gasteiger partial charge in [0.2, 0.25) is 0 Å². The zero-order chi connectivity index (χ0) is 24.0. The van der Waals surface area contributed by atoms with Gasteiger partial charge in [0, 0.05) is 36.4 Å². The molecule has 0 unspecified atom stereocenters. The Labute approximate surface area is 203 Å². The summed E-state index contributed by atoms with van der Waals surface area (Å²) in [5.74, 6) is -0.481. The molecule has 1 aliphatic heterocycles. The second-order valence-electron chi connectivity index (χ2n) is 8.42. The van der Waals surface area contributed by atoms with Gasteiger partial charge in [0.25, 0.3) is 11.5 Å². The van der Waals surface area contributed by atoms with Gasteiger partial charge in [-0.3, -0.25) is 14.5 Å². The molecule has 2 N–H and O–H groups in total. The lowest BCUT2D eigenvalue weighted by atomic mass is 9.95. The number of ether oxygens (including phenoxy) is 1. The zero-order valence-corrected chi connectivity index (χ0v) is 19.2. The molecule has 0 atom stereocenters. The molecule has 176 valence electrons. The highest BCUT2D eigenvalue weighted by atomic mass is 16.5. The molecule has 3 aromatic carbocycles. The van der Waals surface area contributed by atoms with Crippen LogP contribution in [0.15, 0.2) is 89.7 Å². The number of nitrogens with zero attached hydrogens (tertiary/aromatic N) is 2. The van der Waals surface area contributed by atoms with Gasteiger partial charge >= 0.3 is 0 Å². The minimum absolute atomic E-state index is 0.0300. The Hall–Kier alpha value is -4.07. The summed E-state index contributed by atoms with van der Waals surface area (Å²) in [4.78, 5) is 28.7. The minimum atomic E-state index is -0.537. The van der Waals surface area contributed by atoms with Crippen molar-refractivity contribution in [2.75, 3.05) is 31.6 Å². The van der Waals surface area contributed by atoms with E-state index in [4.69, 9.17) is 4.74 Å². The quantitative estimate of drug-likeness (QED) is 0.445. The van der Waals surface area contributed by atoms with Crippen LogP contribution in [0, 0.1) is 0 Å². The van der Waals surface area contributed by atoms with Gasteiger partial charge in [0.15, 0.2) is 0 Å². The minimum Gasteiger partial charge on any atom is -0.379 e. The molecule has 1 saturated heterocycles. The summed E-state index contributed by atoms with van der Waals surface area (Å²) < 4.78 is 5.41. The van der Waals surface area contributed by atoms with Crippen LogP contribution in [0.1, 0.15) is 15.9 Å². The summed E-state index contributed by atoms with van der Waals surface area (Å²) >= 11 is 0. The molecule has 5 rings (SSSR count). The summed E-state index contributed by atoms with van der Waals surface area (Å²) in [6.07, 6.45) is 0. The first-order valence-electron chi connectivity index (χ1n) is 11.6. The maximum atomic E-state index is 13.4. The van der Waals surface area contributed by atoms with Gasteiger partial charge in [0.05, 0.1) is 18.9 Å². The van der Waals surface area contributed by atoms with Gasteiger partial charge in [-0.25, -0.2) is 5.10 Å². The lowest BCUT2D eigenvalue weighted by Crippen LogP contribution is -2.35. The molecule has 0 bridgehead atoms. The maximum Gasteiger partial charge on any atom is 0.277 e. The molecule has 7 nitrogen and oxygen atoms in total. The normalized spacial score (nSPS) is 13.9. The highest BCUT2D eigenvalue weighted by Gasteiger charge is 2.23. The molecule has 7 heteroatoms. The summed E-state index contributed by atoms with van der Waals surface area (Å²) in [6, 6.07) is 26.6. The predicted molar refractivity (Wildman–Crippen MR) is 136 cm³/mol. The fourth-order valence-corrected chi connectivity index (χ4v) is 4.26. The van der Waals surface area contributed by atoms with Crippen LogP contribution in [-0.2, 0) is 11.3 Å². The van der Waals surface area contributed by atoms with Crippen LogP contribution in [-0.4, -0.2) is 47.3 Å². The van der Waals surface area contributed by atoms with E-state index in [-0.39, 0.29) is 5.56 Å². The highest BCUT2D eigenvalue weighted by Crippen LogP contribution is 2.32. The molecule has 0 spiro atoms. The lowest BCUT2D eigenvalue weighted by Gasteiger charge is -2.26. The molecule has 35 heavy (non-hydrogen) atoms. The largest absolute Gasteiger partial charge is 0.379 e. The van der Waals surface area contributed by atoms with Crippen molar-refractivity contribution < 1.29 is 9.53 Å². The Balaban J connectivity index is 1.46. The van der Waals surface area contributed by atoms with Crippen molar-refractivity contribution >= 4 is 11.6 Å². The Kier molecular flexibility index (Phi) is 6.79. The molecule has 1 aromatic heterocycles. The summed E-state index contributed by atoms with van der Waals surface area (Å²) in [6.45, 7) is 4.16. The molecule has 4 aromatic rings. The average molecular weight is 467 g/mol. The number of carbonyl (C=O) groups excluding carboxylic acids is 1. The van der Waals surface area contributed by atoms with Crippen molar-refractivity contribution in [2.24, 2.45) is 0 Å². The van der Waals surface area contributed by atoms with Gasteiger partial charge < -0.3 is 10.1 Å². The Bertz CT molecular complexity index is 1350. The number of hydrogen-bond acceptors (Lipinski definition) is 5. The number of anilines is 1. The first-order valence-corrected chi connectivity index (χ1v) is 11.6. The predicted octanol–water partition coefficient (Wildman–Crippen LogP) is 4.19. The van der Waals surface area contributed by atoms with Crippen LogP contribution < -0.4 is 10.9 Å². The fraction of sp³-hybridized carbons (Fsp3) is 0.179. The Morgan fingerprint density at radius 1 is 0.886 bits per heavy atom. The van der Waals surface area contributed by atoms with Crippen LogP contribution in [0.4, 0.5) is 5.69 Å². The van der Waals surface area contributed by atoms with Gasteiger partial charge in [0.1, 0.15) is 5.56 Å². The molecule has 0 saturated carbocycles. The van der Waals surface area contributed by atoms with E-state index in [1.165, 1.54) is 0 Å². The molecule has 0 radical (unpaired) electrons. The van der Waals surface area contributed by atoms with Crippen molar-refractivity contribution in [3.63, 3.8) is 0 Å². The molecular formula is C28H26N4O3. The molecule has 2 heterocycles. The smallest absolute Gasteiger partial charge is 0.277 e. The van der Waals surface area contributed by atoms with Crippen LogP contribution in [0.2, 0.25) is 0 Å². The standard InChI is InChI=1S/C28H26N4O3/c33-27(29-23-13-11-20(12-14-23)19-32-15-17-35-18-16-32)25-24(21-7-3-1-4-8-21)26(30-31-28(25)34)22-9-5-2-6-10-22/h1-14H,15-19H2,(H,29,33)(H,31,34). The summed E-state index contributed by atoms with van der Waals surface area (Å²) in [5, 5.41) is 9.73. The number of morpholine rings is 1. The van der Waals surface area contributed by atoms with Crippen molar-refractivity contribution in [1.29, 1.82) is 0 Å². The fourth-order valence-electron chi connectivity index (χ4n) is 4.26. The van der Waals surface area contributed by atoms with Gasteiger partial charge in [-0.15, -0.1) is 0 Å². The van der Waals surface area contributed by atoms with E-state index in [0.29, 0.717) is 16.9 Å². The number of carbonyl (C=O) groups is 1. The number of nitrogens with one attached hydrogen (secondary N) is 2. The van der Waals surface area contributed by atoms with Gasteiger partial charge in [-0.2, -0.15) is 5.10 Å². The highest BCUT2D eigenvalue weighted by molar-refractivity contribution is 6.10. The monoisotopic (exact) mass is 466 g/mol. The third-order valence-corrected chi connectivity index (χ3v) is 6.04. The van der Waals surface area contributed by atoms with E-state index in [1.54, 1.807) is 0 Å². The number of rotatable bonds is 6. The lowest BCUT2D eigenvalue weighted by molar-refractivity contribution is 0.0342. The van der Waals surface area contributed by atoms with Crippen molar-refractivity contribution in [3.05, 3.63) is 106 Å². The molecule has 0 aliphatic carbocycles. The average Bonchev–Trinajstić information content (AvgIpc) is 2.91. The summed E-state index contributed by atoms with van der Waals surface area (Å²) in [5.41, 5.74) is 3.87. The van der Waals surface area contributed by atoms with Gasteiger partial charge in [-0.1, -0.05) is 72.8 Å². The Morgan fingerprint density at radius 2 is 1.51 bits per heavy atom. The van der Waals surface area contributed by atoms with Crippen molar-refractivity contribution in [3.8, 4) is 22.4 Å². The van der Waals surface area contributed by atoms with Crippen LogP contribution in [0.5, 0.6) is 0 Å². The zero-order valence-electron chi connectivity index (χ0n) is 19.2. The van der Waals surface area contributed by atoms with Crippen LogP contribution >= 0.6 is 0 Å². The van der Waals surface area contributed by atoms with E-state index in [1.807, 2.05) is 84.9 Å². The summed E-state index contributed by atoms with van der Waals surface area (Å²) in [7, 11) is 0. The van der Waals surface area contributed by atoms with Crippen molar-refractivity contribution in [1.82, 2.24) is 15.1 Å². The third-order valence-electron chi connectivity index (χ3n) is 6.04. The third kappa shape index (κ3) is 5.21. The van der Waals surface area contributed by atoms with Gasteiger partial charge in [-0.05, 0) is 23.3 Å². The SMILES string of the molecule is O=C(Nc1ccc(CN2CCOCC2)cc1)c1c(-c2ccccc2)c(-c2ccccc2)n[nH]c1=O. The molecule has 1 amide bonds. The van der Waals surface area contributed by atoms with E-state index in [9.17, 15) is 9.59 Å². The number of H-pyrrole nitrogens is 1. The molecular weight excluding hydrogens is 440 g/mol. The van der Waals surface area contributed by atoms with E-state index in [0.717, 1.165) is 49.5 Å². The molecule has 1 fully saturated rings. The first-order chi connectivity index (χ1) is 17.2. The van der Waals surface area contributed by atoms with Crippen LogP contribution in [0.25, 0.3) is 22.4 Å². The Morgan fingerprint density at radius 3 is 2.17 bits per heavy atom. The van der Waals surface area contributed by atoms with E-state index >= 15 is 0 Å². The maximum absolute atomic E-state index is 13.4. The van der Waals surface area contributed by atoms with E-state index < -0.39 is 11.5 Å². The number of hydrogen-bond donors (Lipinski definition) is 2. The van der Waals surface area contributed by atoms with Crippen molar-refractivity contribution in [2.45, 2.75) is 6.54 Å². The number of aromatic nitrogens is 2. The second-order valence-corrected chi connectivity index (χ2v) is 8.42. The number of amides is 1. The molecule has 1 aliphatic rings. The van der Waals surface area contributed by atoms with E-state index in [2.05, 4.69) is 20.4 Å². The van der Waals surface area contributed by atoms with Crippen LogP contribution in [0.3, 0.4) is 0 Å². The number of aromatic amines is 1. The topological polar surface area (TPSA) is 87.3 Å².